The average Bonchev–Trinajstić information content (AvgIpc) is 2.26. The normalized spacial score (nSPS) is 10.1. The fourth-order valence-corrected chi connectivity index (χ4v) is 1.35. The number of likely N-dealkylation sites (N-methyl/N-ethyl adjacent to an activating group) is 2. The summed E-state index contributed by atoms with van der Waals surface area (Å²) in [4.78, 5) is 1.86. The molecule has 0 fully saturated rings. The van der Waals surface area contributed by atoms with Crippen molar-refractivity contribution in [2.45, 2.75) is 0 Å². The minimum Gasteiger partial charge on any atom is -0.494 e. The van der Waals surface area contributed by atoms with Crippen molar-refractivity contribution in [1.82, 2.24) is 5.32 Å². The Morgan fingerprint density at radius 2 is 2.20 bits per heavy atom. The molecule has 1 aromatic carbocycles. The molecule has 0 radical (unpaired) electrons. The SMILES string of the molecule is CNCCN(C)c1cccc(OC)c1F. The minimum atomic E-state index is -0.307. The van der Waals surface area contributed by atoms with Gasteiger partial charge in [0.05, 0.1) is 12.8 Å². The summed E-state index contributed by atoms with van der Waals surface area (Å²) >= 11 is 0. The third-order valence-electron chi connectivity index (χ3n) is 2.27. The molecule has 15 heavy (non-hydrogen) atoms. The molecule has 0 amide bonds. The standard InChI is InChI=1S/C11H17FN2O/c1-13-7-8-14(2)9-5-4-6-10(15-3)11(9)12/h4-6,13H,7-8H2,1-3H3. The second kappa shape index (κ2) is 5.56. The van der Waals surface area contributed by atoms with E-state index in [1.807, 2.05) is 19.0 Å². The van der Waals surface area contributed by atoms with Gasteiger partial charge in [0.15, 0.2) is 11.6 Å². The lowest BCUT2D eigenvalue weighted by atomic mass is 10.2. The fraction of sp³-hybridized carbons (Fsp3) is 0.455. The van der Waals surface area contributed by atoms with Gasteiger partial charge in [-0.3, -0.25) is 0 Å². The van der Waals surface area contributed by atoms with Crippen LogP contribution in [0, 0.1) is 5.82 Å². The van der Waals surface area contributed by atoms with Crippen LogP contribution in [-0.4, -0.2) is 34.3 Å². The van der Waals surface area contributed by atoms with Crippen molar-refractivity contribution in [3.05, 3.63) is 24.0 Å². The van der Waals surface area contributed by atoms with Crippen molar-refractivity contribution in [2.75, 3.05) is 39.2 Å². The van der Waals surface area contributed by atoms with Crippen molar-refractivity contribution in [1.29, 1.82) is 0 Å². The summed E-state index contributed by atoms with van der Waals surface area (Å²) in [5.74, 6) is -0.0255. The predicted octanol–water partition coefficient (Wildman–Crippen LogP) is 1.49. The van der Waals surface area contributed by atoms with Crippen LogP contribution in [0.1, 0.15) is 0 Å². The molecule has 0 aliphatic carbocycles. The highest BCUT2D eigenvalue weighted by atomic mass is 19.1. The van der Waals surface area contributed by atoms with E-state index in [0.717, 1.165) is 13.1 Å². The van der Waals surface area contributed by atoms with E-state index in [1.165, 1.54) is 7.11 Å². The van der Waals surface area contributed by atoms with Crippen LogP contribution in [0.15, 0.2) is 18.2 Å². The molecule has 0 saturated heterocycles. The van der Waals surface area contributed by atoms with Gasteiger partial charge in [-0.05, 0) is 19.2 Å². The van der Waals surface area contributed by atoms with Gasteiger partial charge in [-0.25, -0.2) is 4.39 Å². The minimum absolute atomic E-state index is 0.281. The summed E-state index contributed by atoms with van der Waals surface area (Å²) in [6, 6.07) is 5.14. The highest BCUT2D eigenvalue weighted by Crippen LogP contribution is 2.26. The van der Waals surface area contributed by atoms with E-state index in [2.05, 4.69) is 5.32 Å². The highest BCUT2D eigenvalue weighted by molar-refractivity contribution is 5.52. The Hall–Kier alpha value is -1.29. The first-order valence-corrected chi connectivity index (χ1v) is 4.89. The van der Waals surface area contributed by atoms with E-state index in [0.29, 0.717) is 5.69 Å². The second-order valence-electron chi connectivity index (χ2n) is 3.32. The zero-order valence-corrected chi connectivity index (χ0v) is 9.38. The van der Waals surface area contributed by atoms with Gasteiger partial charge in [0.2, 0.25) is 0 Å². The van der Waals surface area contributed by atoms with Crippen molar-refractivity contribution in [3.8, 4) is 5.75 Å². The van der Waals surface area contributed by atoms with E-state index >= 15 is 0 Å². The third-order valence-corrected chi connectivity index (χ3v) is 2.27. The molecule has 84 valence electrons. The number of hydrogen-bond donors (Lipinski definition) is 1. The number of rotatable bonds is 5. The van der Waals surface area contributed by atoms with Gasteiger partial charge in [-0.2, -0.15) is 0 Å². The smallest absolute Gasteiger partial charge is 0.188 e. The van der Waals surface area contributed by atoms with Gasteiger partial charge in [0.1, 0.15) is 0 Å². The topological polar surface area (TPSA) is 24.5 Å². The summed E-state index contributed by atoms with van der Waals surface area (Å²) in [5.41, 5.74) is 0.560. The number of methoxy groups -OCH3 is 1. The first kappa shape index (κ1) is 11.8. The molecule has 4 heteroatoms. The van der Waals surface area contributed by atoms with Crippen molar-refractivity contribution < 1.29 is 9.13 Å². The lowest BCUT2D eigenvalue weighted by Crippen LogP contribution is -2.27. The molecular formula is C11H17FN2O. The number of ether oxygens (including phenoxy) is 1. The average molecular weight is 212 g/mol. The summed E-state index contributed by atoms with van der Waals surface area (Å²) in [6.07, 6.45) is 0. The van der Waals surface area contributed by atoms with Crippen LogP contribution in [0.25, 0.3) is 0 Å². The second-order valence-corrected chi connectivity index (χ2v) is 3.32. The van der Waals surface area contributed by atoms with Crippen molar-refractivity contribution in [2.24, 2.45) is 0 Å². The third kappa shape index (κ3) is 2.83. The lowest BCUT2D eigenvalue weighted by molar-refractivity contribution is 0.386. The van der Waals surface area contributed by atoms with Gasteiger partial charge < -0.3 is 15.0 Å². The fourth-order valence-electron chi connectivity index (χ4n) is 1.35. The van der Waals surface area contributed by atoms with E-state index in [-0.39, 0.29) is 11.6 Å². The molecule has 3 nitrogen and oxygen atoms in total. The number of hydrogen-bond acceptors (Lipinski definition) is 3. The molecule has 1 aromatic rings. The number of benzene rings is 1. The van der Waals surface area contributed by atoms with Crippen LogP contribution in [0.4, 0.5) is 10.1 Å². The molecule has 0 aliphatic heterocycles. The predicted molar refractivity (Wildman–Crippen MR) is 60.1 cm³/mol. The quantitative estimate of drug-likeness (QED) is 0.800. The Morgan fingerprint density at radius 1 is 1.47 bits per heavy atom. The first-order valence-electron chi connectivity index (χ1n) is 4.89. The molecular weight excluding hydrogens is 195 g/mol. The van der Waals surface area contributed by atoms with Crippen LogP contribution in [0.2, 0.25) is 0 Å². The van der Waals surface area contributed by atoms with Crippen molar-refractivity contribution in [3.63, 3.8) is 0 Å². The van der Waals surface area contributed by atoms with Gasteiger partial charge in [0, 0.05) is 20.1 Å². The molecule has 0 heterocycles. The van der Waals surface area contributed by atoms with E-state index in [9.17, 15) is 4.39 Å². The summed E-state index contributed by atoms with van der Waals surface area (Å²) < 4.78 is 18.7. The molecule has 1 N–H and O–H groups in total. The number of nitrogens with one attached hydrogen (secondary N) is 1. The number of halogens is 1. The monoisotopic (exact) mass is 212 g/mol. The molecule has 0 aliphatic rings. The van der Waals surface area contributed by atoms with Crippen molar-refractivity contribution >= 4 is 5.69 Å². The molecule has 0 bridgehead atoms. The zero-order valence-electron chi connectivity index (χ0n) is 9.38. The Kier molecular flexibility index (Phi) is 4.37. The van der Waals surface area contributed by atoms with Gasteiger partial charge >= 0.3 is 0 Å². The highest BCUT2D eigenvalue weighted by Gasteiger charge is 2.11. The van der Waals surface area contributed by atoms with Crippen LogP contribution in [0.3, 0.4) is 0 Å². The van der Waals surface area contributed by atoms with E-state index < -0.39 is 0 Å². The maximum absolute atomic E-state index is 13.8. The molecule has 0 aromatic heterocycles. The Bertz CT molecular complexity index is 317. The molecule has 1 rings (SSSR count). The maximum Gasteiger partial charge on any atom is 0.188 e. The van der Waals surface area contributed by atoms with E-state index in [4.69, 9.17) is 4.74 Å². The summed E-state index contributed by atoms with van der Waals surface area (Å²) in [5, 5.41) is 3.02. The van der Waals surface area contributed by atoms with Crippen LogP contribution in [-0.2, 0) is 0 Å². The summed E-state index contributed by atoms with van der Waals surface area (Å²) in [6.45, 7) is 1.56. The van der Waals surface area contributed by atoms with Crippen LogP contribution >= 0.6 is 0 Å². The Morgan fingerprint density at radius 3 is 2.80 bits per heavy atom. The Labute approximate surface area is 89.8 Å². The van der Waals surface area contributed by atoms with Gasteiger partial charge in [0.25, 0.3) is 0 Å². The molecule has 0 spiro atoms. The maximum atomic E-state index is 13.8. The first-order chi connectivity index (χ1) is 7.20. The Balaban J connectivity index is 2.83. The molecule has 0 unspecified atom stereocenters. The largest absolute Gasteiger partial charge is 0.494 e. The lowest BCUT2D eigenvalue weighted by Gasteiger charge is -2.20. The van der Waals surface area contributed by atoms with Crippen LogP contribution < -0.4 is 15.0 Å². The summed E-state index contributed by atoms with van der Waals surface area (Å²) in [7, 11) is 5.20. The number of anilines is 1. The molecule has 0 atom stereocenters. The zero-order chi connectivity index (χ0) is 11.3. The van der Waals surface area contributed by atoms with Crippen LogP contribution in [0.5, 0.6) is 5.75 Å². The van der Waals surface area contributed by atoms with Gasteiger partial charge in [-0.1, -0.05) is 6.07 Å². The molecule has 0 saturated carbocycles. The van der Waals surface area contributed by atoms with E-state index in [1.54, 1.807) is 18.2 Å². The number of nitrogens with zero attached hydrogens (tertiary/aromatic N) is 1. The van der Waals surface area contributed by atoms with Gasteiger partial charge in [-0.15, -0.1) is 0 Å².